The topological polar surface area (TPSA) is 74.7 Å². The highest BCUT2D eigenvalue weighted by Crippen LogP contribution is 2.31. The van der Waals surface area contributed by atoms with Gasteiger partial charge < -0.3 is 0 Å². The van der Waals surface area contributed by atoms with Crippen LogP contribution >= 0.6 is 12.2 Å². The SMILES string of the molecule is Cc1cc(-c2n[nH]c(=S)n2N=Cc2ccccc2C(F)(F)F)n[nH]1. The summed E-state index contributed by atoms with van der Waals surface area (Å²) in [6.07, 6.45) is -3.38. The largest absolute Gasteiger partial charge is 0.417 e. The number of hydrogen-bond donors (Lipinski definition) is 2. The van der Waals surface area contributed by atoms with Crippen molar-refractivity contribution in [2.24, 2.45) is 5.10 Å². The zero-order valence-electron chi connectivity index (χ0n) is 12.3. The van der Waals surface area contributed by atoms with Gasteiger partial charge in [0.2, 0.25) is 10.6 Å². The van der Waals surface area contributed by atoms with Gasteiger partial charge in [-0.15, -0.1) is 0 Å². The lowest BCUT2D eigenvalue weighted by atomic mass is 10.1. The van der Waals surface area contributed by atoms with Gasteiger partial charge in [-0.2, -0.15) is 33.1 Å². The van der Waals surface area contributed by atoms with E-state index in [2.05, 4.69) is 25.5 Å². The number of nitrogens with one attached hydrogen (secondary N) is 2. The van der Waals surface area contributed by atoms with Gasteiger partial charge in [-0.05, 0) is 31.3 Å². The number of hydrogen-bond acceptors (Lipinski definition) is 4. The van der Waals surface area contributed by atoms with Crippen molar-refractivity contribution in [1.29, 1.82) is 0 Å². The van der Waals surface area contributed by atoms with Gasteiger partial charge in [0, 0.05) is 11.3 Å². The van der Waals surface area contributed by atoms with Gasteiger partial charge >= 0.3 is 6.18 Å². The van der Waals surface area contributed by atoms with E-state index in [9.17, 15) is 13.2 Å². The van der Waals surface area contributed by atoms with Crippen LogP contribution in [0.15, 0.2) is 35.4 Å². The first-order valence-corrected chi connectivity index (χ1v) is 7.17. The molecule has 0 amide bonds. The van der Waals surface area contributed by atoms with Gasteiger partial charge in [0.15, 0.2) is 0 Å². The van der Waals surface area contributed by atoms with Crippen LogP contribution in [0.4, 0.5) is 13.2 Å². The molecule has 0 atom stereocenters. The van der Waals surface area contributed by atoms with Crippen molar-refractivity contribution < 1.29 is 13.2 Å². The maximum Gasteiger partial charge on any atom is 0.417 e. The Hall–Kier alpha value is -2.75. The van der Waals surface area contributed by atoms with E-state index < -0.39 is 11.7 Å². The Labute approximate surface area is 139 Å². The quantitative estimate of drug-likeness (QED) is 0.559. The molecule has 0 radical (unpaired) electrons. The van der Waals surface area contributed by atoms with E-state index in [0.717, 1.165) is 18.0 Å². The monoisotopic (exact) mass is 352 g/mol. The summed E-state index contributed by atoms with van der Waals surface area (Å²) in [6, 6.07) is 6.87. The number of aromatic nitrogens is 5. The standard InChI is InChI=1S/C14H11F3N6S/c1-8-6-11(20-19-8)12-21-22-13(24)23(12)18-7-9-4-2-3-5-10(9)14(15,16)17/h2-7H,1H3,(H,19,20)(H,22,24). The van der Waals surface area contributed by atoms with E-state index in [1.54, 1.807) is 6.07 Å². The summed E-state index contributed by atoms with van der Waals surface area (Å²) in [5.41, 5.74) is 0.427. The van der Waals surface area contributed by atoms with Crippen LogP contribution in [-0.2, 0) is 6.18 Å². The molecule has 0 fully saturated rings. The molecule has 0 saturated heterocycles. The van der Waals surface area contributed by atoms with E-state index >= 15 is 0 Å². The average Bonchev–Trinajstić information content (AvgIpc) is 3.10. The van der Waals surface area contributed by atoms with Crippen molar-refractivity contribution in [3.63, 3.8) is 0 Å². The van der Waals surface area contributed by atoms with E-state index in [-0.39, 0.29) is 10.3 Å². The third-order valence-corrected chi connectivity index (χ3v) is 3.43. The maximum atomic E-state index is 13.0. The second-order valence-corrected chi connectivity index (χ2v) is 5.32. The molecule has 3 aromatic rings. The predicted molar refractivity (Wildman–Crippen MR) is 84.2 cm³/mol. The van der Waals surface area contributed by atoms with Gasteiger partial charge in [0.1, 0.15) is 5.69 Å². The number of rotatable bonds is 3. The molecule has 1 aromatic carbocycles. The van der Waals surface area contributed by atoms with Gasteiger partial charge in [0.05, 0.1) is 11.8 Å². The molecule has 0 aliphatic rings. The molecule has 24 heavy (non-hydrogen) atoms. The van der Waals surface area contributed by atoms with E-state index in [1.165, 1.54) is 22.9 Å². The molecule has 0 spiro atoms. The first-order chi connectivity index (χ1) is 11.4. The van der Waals surface area contributed by atoms with Crippen LogP contribution < -0.4 is 0 Å². The zero-order chi connectivity index (χ0) is 17.3. The Balaban J connectivity index is 2.03. The molecule has 2 aromatic heterocycles. The summed E-state index contributed by atoms with van der Waals surface area (Å²) in [5, 5.41) is 17.4. The highest BCUT2D eigenvalue weighted by atomic mass is 32.1. The minimum atomic E-state index is -4.47. The number of halogens is 3. The number of benzene rings is 1. The van der Waals surface area contributed by atoms with Gasteiger partial charge in [0.25, 0.3) is 0 Å². The number of aryl methyl sites for hydroxylation is 1. The summed E-state index contributed by atoms with van der Waals surface area (Å²) >= 11 is 5.07. The zero-order valence-corrected chi connectivity index (χ0v) is 13.1. The molecule has 2 N–H and O–H groups in total. The molecule has 6 nitrogen and oxygen atoms in total. The van der Waals surface area contributed by atoms with Crippen LogP contribution in [0, 0.1) is 11.7 Å². The third-order valence-electron chi connectivity index (χ3n) is 3.16. The summed E-state index contributed by atoms with van der Waals surface area (Å²) in [6.45, 7) is 1.81. The van der Waals surface area contributed by atoms with Crippen LogP contribution in [0.1, 0.15) is 16.8 Å². The smallest absolute Gasteiger partial charge is 0.282 e. The van der Waals surface area contributed by atoms with Crippen LogP contribution in [-0.4, -0.2) is 31.3 Å². The summed E-state index contributed by atoms with van der Waals surface area (Å²) in [5.74, 6) is 0.296. The fraction of sp³-hybridized carbons (Fsp3) is 0.143. The molecule has 0 bridgehead atoms. The lowest BCUT2D eigenvalue weighted by molar-refractivity contribution is -0.137. The number of nitrogens with zero attached hydrogens (tertiary/aromatic N) is 4. The molecule has 0 saturated carbocycles. The van der Waals surface area contributed by atoms with E-state index in [1.807, 2.05) is 6.92 Å². The molecular formula is C14H11F3N6S. The Morgan fingerprint density at radius 2 is 1.96 bits per heavy atom. The third kappa shape index (κ3) is 3.13. The van der Waals surface area contributed by atoms with Gasteiger partial charge in [-0.25, -0.2) is 5.10 Å². The van der Waals surface area contributed by atoms with E-state index in [0.29, 0.717) is 11.5 Å². The van der Waals surface area contributed by atoms with Crippen molar-refractivity contribution in [3.8, 4) is 11.5 Å². The molecule has 3 rings (SSSR count). The second kappa shape index (κ2) is 6.04. The highest BCUT2D eigenvalue weighted by Gasteiger charge is 2.32. The first kappa shape index (κ1) is 16.1. The van der Waals surface area contributed by atoms with Crippen molar-refractivity contribution in [1.82, 2.24) is 25.1 Å². The molecule has 10 heteroatoms. The van der Waals surface area contributed by atoms with E-state index in [4.69, 9.17) is 12.2 Å². The highest BCUT2D eigenvalue weighted by molar-refractivity contribution is 7.71. The Morgan fingerprint density at radius 1 is 1.21 bits per heavy atom. The number of H-pyrrole nitrogens is 2. The Kier molecular flexibility index (Phi) is 4.06. The average molecular weight is 352 g/mol. The maximum absolute atomic E-state index is 13.0. The first-order valence-electron chi connectivity index (χ1n) is 6.76. The molecule has 0 aliphatic heterocycles. The molecule has 0 aliphatic carbocycles. The number of aromatic amines is 2. The van der Waals surface area contributed by atoms with Crippen LogP contribution in [0.5, 0.6) is 0 Å². The molecule has 2 heterocycles. The summed E-state index contributed by atoms with van der Waals surface area (Å²) in [4.78, 5) is 0. The van der Waals surface area contributed by atoms with Crippen LogP contribution in [0.25, 0.3) is 11.5 Å². The normalized spacial score (nSPS) is 12.2. The summed E-state index contributed by atoms with van der Waals surface area (Å²) < 4.78 is 40.4. The van der Waals surface area contributed by atoms with Crippen molar-refractivity contribution in [2.75, 3.05) is 0 Å². The van der Waals surface area contributed by atoms with Crippen LogP contribution in [0.3, 0.4) is 0 Å². The van der Waals surface area contributed by atoms with Crippen LogP contribution in [0.2, 0.25) is 0 Å². The molecular weight excluding hydrogens is 341 g/mol. The van der Waals surface area contributed by atoms with Crippen molar-refractivity contribution in [3.05, 3.63) is 51.9 Å². The Bertz CT molecular complexity index is 950. The lowest BCUT2D eigenvalue weighted by Crippen LogP contribution is -2.09. The fourth-order valence-corrected chi connectivity index (χ4v) is 2.26. The molecule has 124 valence electrons. The minimum absolute atomic E-state index is 0.0720. The van der Waals surface area contributed by atoms with Gasteiger partial charge in [-0.3, -0.25) is 5.10 Å². The predicted octanol–water partition coefficient (Wildman–Crippen LogP) is 3.54. The fourth-order valence-electron chi connectivity index (χ4n) is 2.08. The lowest BCUT2D eigenvalue weighted by Gasteiger charge is -2.09. The second-order valence-electron chi connectivity index (χ2n) is 4.93. The summed E-state index contributed by atoms with van der Waals surface area (Å²) in [7, 11) is 0. The molecule has 0 unspecified atom stereocenters. The Morgan fingerprint density at radius 3 is 2.62 bits per heavy atom. The van der Waals surface area contributed by atoms with Crippen molar-refractivity contribution >= 4 is 18.4 Å². The van der Waals surface area contributed by atoms with Crippen molar-refractivity contribution in [2.45, 2.75) is 13.1 Å². The number of alkyl halides is 3. The minimum Gasteiger partial charge on any atom is -0.282 e. The van der Waals surface area contributed by atoms with Gasteiger partial charge in [-0.1, -0.05) is 18.2 Å².